The number of carbonyl (C=O) groups excluding carboxylic acids is 1. The molecule has 0 heterocycles. The summed E-state index contributed by atoms with van der Waals surface area (Å²) < 4.78 is 6.39. The van der Waals surface area contributed by atoms with Crippen molar-refractivity contribution in [2.24, 2.45) is 5.10 Å². The molecule has 2 aromatic rings. The van der Waals surface area contributed by atoms with Crippen molar-refractivity contribution in [3.05, 3.63) is 63.6 Å². The Labute approximate surface area is 160 Å². The van der Waals surface area contributed by atoms with Crippen molar-refractivity contribution in [2.45, 2.75) is 13.8 Å². The van der Waals surface area contributed by atoms with Crippen LogP contribution in [-0.4, -0.2) is 23.8 Å². The van der Waals surface area contributed by atoms with Gasteiger partial charge in [-0.2, -0.15) is 5.10 Å². The van der Waals surface area contributed by atoms with Crippen molar-refractivity contribution in [1.29, 1.82) is 0 Å². The van der Waals surface area contributed by atoms with Crippen molar-refractivity contribution in [3.63, 3.8) is 0 Å². The quantitative estimate of drug-likeness (QED) is 0.253. The van der Waals surface area contributed by atoms with Crippen molar-refractivity contribution in [1.82, 2.24) is 10.7 Å². The molecular formula is C18H18BrN3O2S. The minimum atomic E-state index is -0.411. The predicted molar refractivity (Wildman–Crippen MR) is 107 cm³/mol. The van der Waals surface area contributed by atoms with Gasteiger partial charge in [-0.1, -0.05) is 34.1 Å². The topological polar surface area (TPSA) is 62.7 Å². The van der Waals surface area contributed by atoms with E-state index in [1.54, 1.807) is 30.5 Å². The molecule has 2 N–H and O–H groups in total. The molecule has 2 aromatic carbocycles. The van der Waals surface area contributed by atoms with Crippen LogP contribution in [0.5, 0.6) is 5.75 Å². The first kappa shape index (κ1) is 19.1. The Bertz CT molecular complexity index is 809. The number of hydrogen-bond acceptors (Lipinski definition) is 4. The molecule has 0 aliphatic rings. The Morgan fingerprint density at radius 1 is 1.32 bits per heavy atom. The Morgan fingerprint density at radius 3 is 2.80 bits per heavy atom. The zero-order valence-electron chi connectivity index (χ0n) is 13.9. The number of hydrogen-bond donors (Lipinski definition) is 2. The van der Waals surface area contributed by atoms with E-state index in [1.165, 1.54) is 0 Å². The number of carbonyl (C=O) groups is 1. The maximum Gasteiger partial charge on any atom is 0.343 e. The van der Waals surface area contributed by atoms with Gasteiger partial charge in [0.25, 0.3) is 0 Å². The fraction of sp³-hybridized carbons (Fsp3) is 0.167. The number of aryl methyl sites for hydroxylation is 1. The summed E-state index contributed by atoms with van der Waals surface area (Å²) in [5, 5.41) is 7.42. The predicted octanol–water partition coefficient (Wildman–Crippen LogP) is 3.79. The summed E-state index contributed by atoms with van der Waals surface area (Å²) in [5.41, 5.74) is 4.73. The van der Waals surface area contributed by atoms with Gasteiger partial charge >= 0.3 is 5.97 Å². The van der Waals surface area contributed by atoms with E-state index >= 15 is 0 Å². The maximum absolute atomic E-state index is 12.4. The second kappa shape index (κ2) is 9.29. The summed E-state index contributed by atoms with van der Waals surface area (Å²) in [6, 6.07) is 12.6. The second-order valence-corrected chi connectivity index (χ2v) is 6.44. The highest BCUT2D eigenvalue weighted by Gasteiger charge is 2.13. The highest BCUT2D eigenvalue weighted by atomic mass is 79.9. The minimum Gasteiger partial charge on any atom is -0.422 e. The van der Waals surface area contributed by atoms with Crippen LogP contribution in [0.3, 0.4) is 0 Å². The average molecular weight is 420 g/mol. The zero-order chi connectivity index (χ0) is 18.2. The summed E-state index contributed by atoms with van der Waals surface area (Å²) >= 11 is 8.45. The van der Waals surface area contributed by atoms with Gasteiger partial charge in [-0.05, 0) is 55.9 Å². The molecule has 0 atom stereocenters. The van der Waals surface area contributed by atoms with Crippen LogP contribution >= 0.6 is 28.1 Å². The lowest BCUT2D eigenvalue weighted by Gasteiger charge is -2.09. The molecule has 0 bridgehead atoms. The Kier molecular flexibility index (Phi) is 7.09. The van der Waals surface area contributed by atoms with Crippen LogP contribution < -0.4 is 15.5 Å². The van der Waals surface area contributed by atoms with E-state index < -0.39 is 5.97 Å². The largest absolute Gasteiger partial charge is 0.422 e. The van der Waals surface area contributed by atoms with Crippen LogP contribution in [0, 0.1) is 6.92 Å². The SMILES string of the molecule is CCNC(=S)NN=Cc1cc(Br)ccc1OC(=O)c1ccccc1C. The third kappa shape index (κ3) is 5.65. The smallest absolute Gasteiger partial charge is 0.343 e. The van der Waals surface area contributed by atoms with Crippen LogP contribution in [0.2, 0.25) is 0 Å². The van der Waals surface area contributed by atoms with Gasteiger partial charge in [0.05, 0.1) is 11.8 Å². The first-order valence-corrected chi connectivity index (χ1v) is 8.85. The summed E-state index contributed by atoms with van der Waals surface area (Å²) in [6.07, 6.45) is 1.55. The number of rotatable bonds is 5. The summed E-state index contributed by atoms with van der Waals surface area (Å²) in [5.74, 6) is 0.00238. The number of hydrazone groups is 1. The minimum absolute atomic E-state index is 0.411. The first-order chi connectivity index (χ1) is 12.0. The molecule has 7 heteroatoms. The van der Waals surface area contributed by atoms with Gasteiger partial charge in [0, 0.05) is 16.6 Å². The Hall–Kier alpha value is -2.25. The van der Waals surface area contributed by atoms with Gasteiger partial charge < -0.3 is 10.1 Å². The molecule has 130 valence electrons. The molecule has 0 aliphatic heterocycles. The number of halogens is 1. The maximum atomic E-state index is 12.4. The molecule has 0 aromatic heterocycles. The van der Waals surface area contributed by atoms with E-state index in [-0.39, 0.29) is 0 Å². The molecule has 0 amide bonds. The monoisotopic (exact) mass is 419 g/mol. The number of thiocarbonyl (C=S) groups is 1. The van der Waals surface area contributed by atoms with Crippen LogP contribution in [0.1, 0.15) is 28.4 Å². The molecule has 0 saturated heterocycles. The van der Waals surface area contributed by atoms with Gasteiger partial charge in [0.2, 0.25) is 0 Å². The molecule has 0 radical (unpaired) electrons. The van der Waals surface area contributed by atoms with Crippen molar-refractivity contribution in [3.8, 4) is 5.75 Å². The molecule has 0 unspecified atom stereocenters. The number of esters is 1. The van der Waals surface area contributed by atoms with Crippen molar-refractivity contribution < 1.29 is 9.53 Å². The lowest BCUT2D eigenvalue weighted by Crippen LogP contribution is -2.31. The number of ether oxygens (including phenoxy) is 1. The summed E-state index contributed by atoms with van der Waals surface area (Å²) in [4.78, 5) is 12.4. The van der Waals surface area contributed by atoms with Crippen molar-refractivity contribution in [2.75, 3.05) is 6.54 Å². The van der Waals surface area contributed by atoms with E-state index in [4.69, 9.17) is 17.0 Å². The van der Waals surface area contributed by atoms with Crippen LogP contribution in [0.4, 0.5) is 0 Å². The third-order valence-electron chi connectivity index (χ3n) is 3.25. The molecule has 0 fully saturated rings. The molecule has 2 rings (SSSR count). The summed E-state index contributed by atoms with van der Waals surface area (Å²) in [7, 11) is 0. The Morgan fingerprint density at radius 2 is 2.08 bits per heavy atom. The van der Waals surface area contributed by atoms with Gasteiger partial charge in [-0.25, -0.2) is 4.79 Å². The van der Waals surface area contributed by atoms with E-state index in [1.807, 2.05) is 32.0 Å². The highest BCUT2D eigenvalue weighted by molar-refractivity contribution is 9.10. The fourth-order valence-electron chi connectivity index (χ4n) is 2.03. The molecule has 5 nitrogen and oxygen atoms in total. The summed E-state index contributed by atoms with van der Waals surface area (Å²) in [6.45, 7) is 4.51. The van der Waals surface area contributed by atoms with Crippen molar-refractivity contribution >= 4 is 45.4 Å². The van der Waals surface area contributed by atoms with E-state index in [0.717, 1.165) is 10.0 Å². The van der Waals surface area contributed by atoms with Gasteiger partial charge in [0.15, 0.2) is 5.11 Å². The zero-order valence-corrected chi connectivity index (χ0v) is 16.3. The third-order valence-corrected chi connectivity index (χ3v) is 3.98. The fourth-order valence-corrected chi connectivity index (χ4v) is 2.61. The molecule has 25 heavy (non-hydrogen) atoms. The average Bonchev–Trinajstić information content (AvgIpc) is 2.57. The molecule has 0 saturated carbocycles. The number of nitrogens with zero attached hydrogens (tertiary/aromatic N) is 1. The number of benzene rings is 2. The van der Waals surface area contributed by atoms with Gasteiger partial charge in [-0.3, -0.25) is 5.43 Å². The van der Waals surface area contributed by atoms with Gasteiger partial charge in [0.1, 0.15) is 5.75 Å². The van der Waals surface area contributed by atoms with Crippen LogP contribution in [0.25, 0.3) is 0 Å². The number of nitrogens with one attached hydrogen (secondary N) is 2. The van der Waals surface area contributed by atoms with Gasteiger partial charge in [-0.15, -0.1) is 0 Å². The lowest BCUT2D eigenvalue weighted by atomic mass is 10.1. The van der Waals surface area contributed by atoms with Crippen LogP contribution in [-0.2, 0) is 0 Å². The first-order valence-electron chi connectivity index (χ1n) is 7.65. The van der Waals surface area contributed by atoms with E-state index in [0.29, 0.717) is 28.5 Å². The molecule has 0 spiro atoms. The van der Waals surface area contributed by atoms with Crippen LogP contribution in [0.15, 0.2) is 52.0 Å². The molecule has 0 aliphatic carbocycles. The standard InChI is InChI=1S/C18H18BrN3O2S/c1-3-20-18(25)22-21-11-13-10-14(19)8-9-16(13)24-17(23)15-7-5-4-6-12(15)2/h4-11H,3H2,1-2H3,(H2,20,22,25). The lowest BCUT2D eigenvalue weighted by molar-refractivity contribution is 0.0733. The highest BCUT2D eigenvalue weighted by Crippen LogP contribution is 2.23. The van der Waals surface area contributed by atoms with E-state index in [9.17, 15) is 4.79 Å². The second-order valence-electron chi connectivity index (χ2n) is 5.12. The normalized spacial score (nSPS) is 10.5. The molecular weight excluding hydrogens is 402 g/mol. The van der Waals surface area contributed by atoms with E-state index in [2.05, 4.69) is 31.8 Å². The Balaban J connectivity index is 2.18.